The second kappa shape index (κ2) is 9.41. The van der Waals surface area contributed by atoms with Crippen molar-refractivity contribution >= 4 is 33.7 Å². The molecule has 0 radical (unpaired) electrons. The van der Waals surface area contributed by atoms with Gasteiger partial charge in [-0.15, -0.1) is 11.3 Å². The van der Waals surface area contributed by atoms with Gasteiger partial charge in [0.25, 0.3) is 22.4 Å². The number of carbonyl (C=O) groups is 2. The Labute approximate surface area is 182 Å². The number of carbonyl (C=O) groups excluding carboxylic acids is 1. The van der Waals surface area contributed by atoms with Crippen LogP contribution in [-0.4, -0.2) is 58.1 Å². The molecule has 0 aromatic carbocycles. The molecule has 4 heterocycles. The van der Waals surface area contributed by atoms with Crippen LogP contribution in [0.15, 0.2) is 33.2 Å². The van der Waals surface area contributed by atoms with Crippen molar-refractivity contribution in [3.63, 3.8) is 0 Å². The summed E-state index contributed by atoms with van der Waals surface area (Å²) in [4.78, 5) is 21.3. The van der Waals surface area contributed by atoms with Crippen LogP contribution >= 0.6 is 11.3 Å². The number of nitrogens with one attached hydrogen (secondary N) is 2. The zero-order chi connectivity index (χ0) is 22.6. The molecule has 11 nitrogen and oxygen atoms in total. The molecule has 4 rings (SSSR count). The SMILES string of the molecule is CC(C)NC(=O)c1n[nH]c2c1CCN(S(=O)(=O)c1ccc(-c3ccon3)s1)C2.O=CO. The van der Waals surface area contributed by atoms with Crippen molar-refractivity contribution < 1.29 is 27.6 Å². The first-order valence-electron chi connectivity index (χ1n) is 9.23. The largest absolute Gasteiger partial charge is 0.483 e. The molecule has 0 fully saturated rings. The van der Waals surface area contributed by atoms with E-state index in [-0.39, 0.29) is 35.7 Å². The number of carboxylic acid groups (broad SMARTS) is 1. The number of hydrogen-bond acceptors (Lipinski definition) is 8. The van der Waals surface area contributed by atoms with E-state index in [0.717, 1.165) is 21.8 Å². The molecule has 0 spiro atoms. The summed E-state index contributed by atoms with van der Waals surface area (Å²) in [7, 11) is -3.66. The van der Waals surface area contributed by atoms with Crippen LogP contribution in [-0.2, 0) is 27.8 Å². The lowest BCUT2D eigenvalue weighted by atomic mass is 10.1. The van der Waals surface area contributed by atoms with Gasteiger partial charge < -0.3 is 14.9 Å². The van der Waals surface area contributed by atoms with E-state index in [1.54, 1.807) is 18.2 Å². The standard InChI is InChI=1S/C17H19N5O4S2.CH2O2/c1-10(2)18-17(23)16-11-5-7-22(9-13(11)19-20-16)28(24,25)15-4-3-14(27-15)12-6-8-26-21-12;2-1-3/h3-4,6,8,10H,5,7,9H2,1-2H3,(H,18,23)(H,19,20);1H,(H,2,3). The molecule has 1 aliphatic heterocycles. The Morgan fingerprint density at radius 2 is 2.13 bits per heavy atom. The van der Waals surface area contributed by atoms with Crippen molar-refractivity contribution in [2.75, 3.05) is 6.54 Å². The highest BCUT2D eigenvalue weighted by atomic mass is 32.2. The number of sulfonamides is 1. The monoisotopic (exact) mass is 467 g/mol. The number of H-pyrrole nitrogens is 1. The topological polar surface area (TPSA) is 158 Å². The summed E-state index contributed by atoms with van der Waals surface area (Å²) in [6.45, 7) is 3.93. The third kappa shape index (κ3) is 4.84. The predicted octanol–water partition coefficient (Wildman–Crippen LogP) is 1.71. The number of aromatic nitrogens is 3. The van der Waals surface area contributed by atoms with Gasteiger partial charge in [0.15, 0.2) is 5.69 Å². The molecule has 0 saturated heterocycles. The lowest BCUT2D eigenvalue weighted by Crippen LogP contribution is -2.36. The summed E-state index contributed by atoms with van der Waals surface area (Å²) in [5.74, 6) is -0.251. The fourth-order valence-electron chi connectivity index (χ4n) is 3.08. The van der Waals surface area contributed by atoms with Crippen LogP contribution in [0.2, 0.25) is 0 Å². The zero-order valence-electron chi connectivity index (χ0n) is 16.7. The summed E-state index contributed by atoms with van der Waals surface area (Å²) < 4.78 is 32.5. The minimum atomic E-state index is -3.66. The number of amides is 1. The first-order valence-corrected chi connectivity index (χ1v) is 11.5. The molecule has 0 bridgehead atoms. The van der Waals surface area contributed by atoms with Crippen molar-refractivity contribution in [3.05, 3.63) is 41.4 Å². The maximum Gasteiger partial charge on any atom is 0.290 e. The van der Waals surface area contributed by atoms with Crippen LogP contribution in [0.3, 0.4) is 0 Å². The Hall–Kier alpha value is -3.03. The van der Waals surface area contributed by atoms with Crippen molar-refractivity contribution in [2.24, 2.45) is 0 Å². The number of fused-ring (bicyclic) bond motifs is 1. The lowest BCUT2D eigenvalue weighted by Gasteiger charge is -2.25. The van der Waals surface area contributed by atoms with Crippen LogP contribution in [0.4, 0.5) is 0 Å². The third-order valence-corrected chi connectivity index (χ3v) is 7.82. The summed E-state index contributed by atoms with van der Waals surface area (Å²) in [5.41, 5.74) is 2.36. The van der Waals surface area contributed by atoms with Gasteiger partial charge in [-0.25, -0.2) is 8.42 Å². The van der Waals surface area contributed by atoms with Crippen LogP contribution < -0.4 is 5.32 Å². The summed E-state index contributed by atoms with van der Waals surface area (Å²) in [6, 6.07) is 4.98. The van der Waals surface area contributed by atoms with E-state index in [9.17, 15) is 13.2 Å². The van der Waals surface area contributed by atoms with E-state index < -0.39 is 10.0 Å². The highest BCUT2D eigenvalue weighted by Crippen LogP contribution is 2.33. The number of thiophene rings is 1. The molecule has 31 heavy (non-hydrogen) atoms. The maximum atomic E-state index is 13.0. The fraction of sp³-hybridized carbons (Fsp3) is 0.333. The second-order valence-corrected chi connectivity index (χ2v) is 10.1. The molecule has 0 atom stereocenters. The van der Waals surface area contributed by atoms with E-state index in [0.29, 0.717) is 23.5 Å². The quantitative estimate of drug-likeness (QED) is 0.478. The van der Waals surface area contributed by atoms with Gasteiger partial charge in [-0.2, -0.15) is 9.40 Å². The van der Waals surface area contributed by atoms with Gasteiger partial charge in [-0.05, 0) is 32.4 Å². The zero-order valence-corrected chi connectivity index (χ0v) is 18.4. The van der Waals surface area contributed by atoms with Gasteiger partial charge >= 0.3 is 0 Å². The molecule has 3 N–H and O–H groups in total. The van der Waals surface area contributed by atoms with Gasteiger partial charge in [-0.3, -0.25) is 14.7 Å². The van der Waals surface area contributed by atoms with Crippen LogP contribution in [0.1, 0.15) is 35.6 Å². The Balaban J connectivity index is 0.000000858. The highest BCUT2D eigenvalue weighted by molar-refractivity contribution is 7.91. The van der Waals surface area contributed by atoms with Gasteiger partial charge in [0.2, 0.25) is 0 Å². The van der Waals surface area contributed by atoms with E-state index >= 15 is 0 Å². The molecular formula is C18H21N5O6S2. The Morgan fingerprint density at radius 3 is 2.77 bits per heavy atom. The first kappa shape index (κ1) is 22.7. The Kier molecular flexibility index (Phi) is 6.87. The van der Waals surface area contributed by atoms with Crippen LogP contribution in [0, 0.1) is 0 Å². The third-order valence-electron chi connectivity index (χ3n) is 4.40. The van der Waals surface area contributed by atoms with Crippen molar-refractivity contribution in [1.82, 2.24) is 25.0 Å². The minimum Gasteiger partial charge on any atom is -0.483 e. The van der Waals surface area contributed by atoms with Crippen molar-refractivity contribution in [1.29, 1.82) is 0 Å². The molecule has 166 valence electrons. The Morgan fingerprint density at radius 1 is 1.39 bits per heavy atom. The molecule has 0 unspecified atom stereocenters. The first-order chi connectivity index (χ1) is 14.8. The molecule has 3 aromatic heterocycles. The Bertz CT molecular complexity index is 1150. The van der Waals surface area contributed by atoms with Crippen molar-refractivity contribution in [3.8, 4) is 10.6 Å². The minimum absolute atomic E-state index is 0.00180. The van der Waals surface area contributed by atoms with E-state index in [4.69, 9.17) is 14.4 Å². The van der Waals surface area contributed by atoms with E-state index in [1.165, 1.54) is 10.6 Å². The molecule has 3 aromatic rings. The molecule has 0 saturated carbocycles. The summed E-state index contributed by atoms with van der Waals surface area (Å²) in [5, 5.41) is 20.5. The normalized spacial score (nSPS) is 13.9. The maximum absolute atomic E-state index is 13.0. The number of aromatic amines is 1. The van der Waals surface area contributed by atoms with E-state index in [1.807, 2.05) is 13.8 Å². The van der Waals surface area contributed by atoms with Crippen molar-refractivity contribution in [2.45, 2.75) is 37.1 Å². The molecule has 0 aliphatic carbocycles. The molecule has 13 heteroatoms. The van der Waals surface area contributed by atoms with Gasteiger partial charge in [0, 0.05) is 24.2 Å². The van der Waals surface area contributed by atoms with Crippen LogP contribution in [0.5, 0.6) is 0 Å². The number of rotatable bonds is 5. The number of hydrogen-bond donors (Lipinski definition) is 3. The molecule has 1 aliphatic rings. The fourth-order valence-corrected chi connectivity index (χ4v) is 5.91. The van der Waals surface area contributed by atoms with E-state index in [2.05, 4.69) is 20.7 Å². The molecular weight excluding hydrogens is 446 g/mol. The van der Waals surface area contributed by atoms with Gasteiger partial charge in [0.1, 0.15) is 16.2 Å². The highest BCUT2D eigenvalue weighted by Gasteiger charge is 2.33. The van der Waals surface area contributed by atoms with Crippen LogP contribution in [0.25, 0.3) is 10.6 Å². The van der Waals surface area contributed by atoms with Gasteiger partial charge in [0.05, 0.1) is 17.1 Å². The van der Waals surface area contributed by atoms with Gasteiger partial charge in [-0.1, -0.05) is 5.16 Å². The average Bonchev–Trinajstić information content (AvgIpc) is 3.47. The second-order valence-electron chi connectivity index (χ2n) is 6.85. The smallest absolute Gasteiger partial charge is 0.290 e. The summed E-state index contributed by atoms with van der Waals surface area (Å²) in [6.07, 6.45) is 1.87. The molecule has 1 amide bonds. The average molecular weight is 468 g/mol. The summed E-state index contributed by atoms with van der Waals surface area (Å²) >= 11 is 1.15. The predicted molar refractivity (Wildman–Crippen MR) is 111 cm³/mol. The lowest BCUT2D eigenvalue weighted by molar-refractivity contribution is -0.122. The number of nitrogens with zero attached hydrogens (tertiary/aromatic N) is 3.